The number of H-pyrrole nitrogens is 1. The molecule has 0 spiro atoms. The fourth-order valence-corrected chi connectivity index (χ4v) is 2.26. The summed E-state index contributed by atoms with van der Waals surface area (Å²) in [5.74, 6) is 0.423. The Morgan fingerprint density at radius 3 is 3.12 bits per heavy atom. The standard InChI is InChI=1S/C11H15ClN2O2/c12-9-5-10(13-6-9)11(16)14-3-1-8(7-14)2-4-15/h5-6,8,13,15H,1-4,7H2. The van der Waals surface area contributed by atoms with Crippen molar-refractivity contribution in [3.63, 3.8) is 0 Å². The lowest BCUT2D eigenvalue weighted by molar-refractivity contribution is 0.0779. The van der Waals surface area contributed by atoms with Crippen molar-refractivity contribution in [2.75, 3.05) is 19.7 Å². The highest BCUT2D eigenvalue weighted by atomic mass is 35.5. The molecular weight excluding hydrogens is 228 g/mol. The summed E-state index contributed by atoms with van der Waals surface area (Å²) in [5.41, 5.74) is 0.537. The normalized spacial score (nSPS) is 20.4. The Balaban J connectivity index is 1.97. The highest BCUT2D eigenvalue weighted by Crippen LogP contribution is 2.21. The average molecular weight is 243 g/mol. The molecule has 5 heteroatoms. The Morgan fingerprint density at radius 2 is 2.50 bits per heavy atom. The smallest absolute Gasteiger partial charge is 0.270 e. The van der Waals surface area contributed by atoms with Crippen LogP contribution in [0.3, 0.4) is 0 Å². The summed E-state index contributed by atoms with van der Waals surface area (Å²) in [6, 6.07) is 1.64. The van der Waals surface area contributed by atoms with Gasteiger partial charge in [-0.3, -0.25) is 4.79 Å². The van der Waals surface area contributed by atoms with Crippen molar-refractivity contribution in [2.24, 2.45) is 5.92 Å². The van der Waals surface area contributed by atoms with Gasteiger partial charge in [0.15, 0.2) is 0 Å². The Morgan fingerprint density at radius 1 is 1.69 bits per heavy atom. The molecule has 16 heavy (non-hydrogen) atoms. The van der Waals surface area contributed by atoms with Crippen LogP contribution in [-0.4, -0.2) is 40.6 Å². The molecule has 0 radical (unpaired) electrons. The fraction of sp³-hybridized carbons (Fsp3) is 0.545. The zero-order valence-electron chi connectivity index (χ0n) is 8.95. The SMILES string of the molecule is O=C(c1cc(Cl)c[nH]1)N1CCC(CCO)C1. The Bertz CT molecular complexity index is 378. The molecule has 1 fully saturated rings. The quantitative estimate of drug-likeness (QED) is 0.844. The first-order chi connectivity index (χ1) is 7.70. The van der Waals surface area contributed by atoms with E-state index in [-0.39, 0.29) is 12.5 Å². The number of likely N-dealkylation sites (tertiary alicyclic amines) is 1. The number of carbonyl (C=O) groups excluding carboxylic acids is 1. The van der Waals surface area contributed by atoms with E-state index in [0.29, 0.717) is 16.6 Å². The molecule has 1 atom stereocenters. The highest BCUT2D eigenvalue weighted by Gasteiger charge is 2.27. The van der Waals surface area contributed by atoms with E-state index in [1.165, 1.54) is 0 Å². The third-order valence-corrected chi connectivity index (χ3v) is 3.21. The zero-order valence-corrected chi connectivity index (χ0v) is 9.70. The van der Waals surface area contributed by atoms with E-state index < -0.39 is 0 Å². The maximum Gasteiger partial charge on any atom is 0.270 e. The summed E-state index contributed by atoms with van der Waals surface area (Å²) >= 11 is 5.75. The predicted octanol–water partition coefficient (Wildman–Crippen LogP) is 1.51. The van der Waals surface area contributed by atoms with Gasteiger partial charge in [0.25, 0.3) is 5.91 Å². The van der Waals surface area contributed by atoms with Gasteiger partial charge in [-0.05, 0) is 24.8 Å². The molecule has 1 aromatic rings. The maximum atomic E-state index is 12.0. The van der Waals surface area contributed by atoms with Crippen LogP contribution in [0.5, 0.6) is 0 Å². The van der Waals surface area contributed by atoms with Crippen LogP contribution in [0.25, 0.3) is 0 Å². The predicted molar refractivity (Wildman–Crippen MR) is 61.5 cm³/mol. The Labute approximate surface area is 99.2 Å². The molecule has 1 aromatic heterocycles. The van der Waals surface area contributed by atoms with E-state index in [0.717, 1.165) is 25.9 Å². The summed E-state index contributed by atoms with van der Waals surface area (Å²) in [7, 11) is 0. The van der Waals surface area contributed by atoms with E-state index >= 15 is 0 Å². The second-order valence-electron chi connectivity index (χ2n) is 4.15. The first kappa shape index (κ1) is 11.5. The van der Waals surface area contributed by atoms with Crippen molar-refractivity contribution < 1.29 is 9.90 Å². The van der Waals surface area contributed by atoms with Crippen molar-refractivity contribution in [1.29, 1.82) is 0 Å². The molecule has 4 nitrogen and oxygen atoms in total. The number of aromatic nitrogens is 1. The lowest BCUT2D eigenvalue weighted by Crippen LogP contribution is -2.29. The van der Waals surface area contributed by atoms with Crippen molar-refractivity contribution in [3.8, 4) is 0 Å². The Kier molecular flexibility index (Phi) is 3.51. The Hall–Kier alpha value is -1.00. The lowest BCUT2D eigenvalue weighted by atomic mass is 10.1. The summed E-state index contributed by atoms with van der Waals surface area (Å²) in [4.78, 5) is 16.6. The van der Waals surface area contributed by atoms with Crippen molar-refractivity contribution >= 4 is 17.5 Å². The van der Waals surface area contributed by atoms with Crippen molar-refractivity contribution in [3.05, 3.63) is 23.0 Å². The van der Waals surface area contributed by atoms with Gasteiger partial charge < -0.3 is 15.0 Å². The molecule has 88 valence electrons. The molecule has 0 saturated carbocycles. The number of hydrogen-bond acceptors (Lipinski definition) is 2. The van der Waals surface area contributed by atoms with Crippen LogP contribution >= 0.6 is 11.6 Å². The number of rotatable bonds is 3. The van der Waals surface area contributed by atoms with Crippen LogP contribution in [0.15, 0.2) is 12.3 Å². The van der Waals surface area contributed by atoms with Gasteiger partial charge in [0.1, 0.15) is 5.69 Å². The van der Waals surface area contributed by atoms with Gasteiger partial charge in [-0.2, -0.15) is 0 Å². The minimum absolute atomic E-state index is 0.00709. The molecule has 2 heterocycles. The molecular formula is C11H15ClN2O2. The van der Waals surface area contributed by atoms with Gasteiger partial charge >= 0.3 is 0 Å². The number of aliphatic hydroxyl groups excluding tert-OH is 1. The number of nitrogens with one attached hydrogen (secondary N) is 1. The number of amides is 1. The highest BCUT2D eigenvalue weighted by molar-refractivity contribution is 6.30. The third kappa shape index (κ3) is 2.39. The number of aromatic amines is 1. The molecule has 1 aliphatic rings. The minimum atomic E-state index is -0.00709. The van der Waals surface area contributed by atoms with Crippen molar-refractivity contribution in [2.45, 2.75) is 12.8 Å². The molecule has 0 aromatic carbocycles. The van der Waals surface area contributed by atoms with E-state index in [2.05, 4.69) is 4.98 Å². The molecule has 1 saturated heterocycles. The number of halogens is 1. The van der Waals surface area contributed by atoms with E-state index in [1.807, 2.05) is 4.90 Å². The second kappa shape index (κ2) is 4.89. The van der Waals surface area contributed by atoms with Gasteiger partial charge in [0.05, 0.1) is 5.02 Å². The maximum absolute atomic E-state index is 12.0. The third-order valence-electron chi connectivity index (χ3n) is 2.99. The van der Waals surface area contributed by atoms with Crippen LogP contribution in [0.2, 0.25) is 5.02 Å². The second-order valence-corrected chi connectivity index (χ2v) is 4.59. The summed E-state index contributed by atoms with van der Waals surface area (Å²) in [6.07, 6.45) is 3.35. The van der Waals surface area contributed by atoms with E-state index in [9.17, 15) is 4.79 Å². The number of hydrogen-bond donors (Lipinski definition) is 2. The van der Waals surface area contributed by atoms with Gasteiger partial charge in [-0.1, -0.05) is 11.6 Å². The summed E-state index contributed by atoms with van der Waals surface area (Å²) in [5, 5.41) is 9.40. The first-order valence-electron chi connectivity index (χ1n) is 5.44. The lowest BCUT2D eigenvalue weighted by Gasteiger charge is -2.15. The average Bonchev–Trinajstić information content (AvgIpc) is 2.87. The monoisotopic (exact) mass is 242 g/mol. The molecule has 1 amide bonds. The van der Waals surface area contributed by atoms with Crippen molar-refractivity contribution in [1.82, 2.24) is 9.88 Å². The molecule has 0 aliphatic carbocycles. The molecule has 1 unspecified atom stereocenters. The molecule has 2 rings (SSSR count). The summed E-state index contributed by atoms with van der Waals surface area (Å²) < 4.78 is 0. The molecule has 2 N–H and O–H groups in total. The van der Waals surface area contributed by atoms with Crippen LogP contribution in [0.1, 0.15) is 23.3 Å². The fourth-order valence-electron chi connectivity index (χ4n) is 2.10. The van der Waals surface area contributed by atoms with Gasteiger partial charge in [0.2, 0.25) is 0 Å². The van der Waals surface area contributed by atoms with E-state index in [1.54, 1.807) is 12.3 Å². The number of carbonyl (C=O) groups is 1. The van der Waals surface area contributed by atoms with E-state index in [4.69, 9.17) is 16.7 Å². The van der Waals surface area contributed by atoms with Gasteiger partial charge in [-0.15, -0.1) is 0 Å². The zero-order chi connectivity index (χ0) is 11.5. The van der Waals surface area contributed by atoms with Gasteiger partial charge in [0, 0.05) is 25.9 Å². The minimum Gasteiger partial charge on any atom is -0.396 e. The first-order valence-corrected chi connectivity index (χ1v) is 5.82. The summed E-state index contributed by atoms with van der Waals surface area (Å²) in [6.45, 7) is 1.69. The number of nitrogens with zero attached hydrogens (tertiary/aromatic N) is 1. The largest absolute Gasteiger partial charge is 0.396 e. The van der Waals surface area contributed by atoms with Crippen LogP contribution in [0, 0.1) is 5.92 Å². The number of aliphatic hydroxyl groups is 1. The molecule has 1 aliphatic heterocycles. The van der Waals surface area contributed by atoms with Gasteiger partial charge in [-0.25, -0.2) is 0 Å². The van der Waals surface area contributed by atoms with Crippen LogP contribution in [-0.2, 0) is 0 Å². The topological polar surface area (TPSA) is 56.3 Å². The van der Waals surface area contributed by atoms with Crippen LogP contribution in [0.4, 0.5) is 0 Å². The molecule has 0 bridgehead atoms. The van der Waals surface area contributed by atoms with Crippen LogP contribution < -0.4 is 0 Å².